The van der Waals surface area contributed by atoms with Gasteiger partial charge in [-0.05, 0) is 98.4 Å². The average molecular weight is 826 g/mol. The van der Waals surface area contributed by atoms with Crippen molar-refractivity contribution in [2.75, 3.05) is 4.90 Å². The molecule has 11 rings (SSSR count). The standard InChI is InChI=1S/C54H34BrClN2/c55-39-31-40(56)33-43(32-39)57(42-29-37(35-14-3-1-4-15-35)28-38(30-42)36-16-5-2-6-17-36)41-26-27-49-46-20-9-7-18-44(46)45-19-8-10-21-47(45)50-23-13-24-51-48-22-11-12-25-52(48)58(54(50)51)53(49)34-41/h1-34H. The zero-order valence-corrected chi connectivity index (χ0v) is 33.6. The van der Waals surface area contributed by atoms with E-state index in [1.807, 2.05) is 6.07 Å². The van der Waals surface area contributed by atoms with E-state index in [9.17, 15) is 0 Å². The number of nitrogens with zero attached hydrogens (tertiary/aromatic N) is 2. The maximum absolute atomic E-state index is 6.90. The van der Waals surface area contributed by atoms with E-state index in [4.69, 9.17) is 11.6 Å². The van der Waals surface area contributed by atoms with Crippen molar-refractivity contribution >= 4 is 104 Å². The summed E-state index contributed by atoms with van der Waals surface area (Å²) in [6.07, 6.45) is 0. The molecule has 0 bridgehead atoms. The molecule has 0 aliphatic rings. The molecule has 274 valence electrons. The first-order valence-electron chi connectivity index (χ1n) is 19.5. The SMILES string of the molecule is Clc1cc(Br)cc(N(c2cc(-c3ccccc3)cc(-c3ccccc3)c2)c2ccc3c4ccccc4c4ccccc4c4cccc5c6ccccc6n(c3c2)c45)c1. The van der Waals surface area contributed by atoms with Gasteiger partial charge in [0, 0.05) is 48.1 Å². The van der Waals surface area contributed by atoms with Crippen molar-refractivity contribution in [1.29, 1.82) is 0 Å². The number of rotatable bonds is 5. The van der Waals surface area contributed by atoms with Gasteiger partial charge in [-0.1, -0.05) is 179 Å². The molecule has 0 radical (unpaired) electrons. The van der Waals surface area contributed by atoms with Crippen LogP contribution in [0, 0.1) is 0 Å². The molecule has 0 unspecified atom stereocenters. The van der Waals surface area contributed by atoms with Crippen LogP contribution in [0.2, 0.25) is 5.02 Å². The molecule has 0 aliphatic carbocycles. The summed E-state index contributed by atoms with van der Waals surface area (Å²) in [5.41, 5.74) is 11.0. The van der Waals surface area contributed by atoms with Crippen molar-refractivity contribution in [2.24, 2.45) is 0 Å². The fourth-order valence-electron chi connectivity index (χ4n) is 8.91. The molecule has 0 amide bonds. The molecule has 0 aliphatic heterocycles. The summed E-state index contributed by atoms with van der Waals surface area (Å²) in [5, 5.41) is 10.3. The van der Waals surface area contributed by atoms with Crippen LogP contribution in [0.4, 0.5) is 17.1 Å². The van der Waals surface area contributed by atoms with Gasteiger partial charge in [0.15, 0.2) is 0 Å². The van der Waals surface area contributed by atoms with Gasteiger partial charge >= 0.3 is 0 Å². The number of para-hydroxylation sites is 2. The molecule has 0 N–H and O–H groups in total. The van der Waals surface area contributed by atoms with Gasteiger partial charge in [-0.15, -0.1) is 0 Å². The number of fused-ring (bicyclic) bond motifs is 10. The molecular formula is C54H34BrClN2. The van der Waals surface area contributed by atoms with E-state index in [-0.39, 0.29) is 0 Å². The minimum Gasteiger partial charge on any atom is -0.310 e. The summed E-state index contributed by atoms with van der Waals surface area (Å²) in [4.78, 5) is 2.35. The molecule has 9 aromatic carbocycles. The fourth-order valence-corrected chi connectivity index (χ4v) is 9.76. The van der Waals surface area contributed by atoms with Crippen molar-refractivity contribution in [1.82, 2.24) is 4.40 Å². The lowest BCUT2D eigenvalue weighted by molar-refractivity contribution is 1.27. The first-order chi connectivity index (χ1) is 28.6. The minimum absolute atomic E-state index is 0.651. The van der Waals surface area contributed by atoms with E-state index in [1.54, 1.807) is 0 Å². The lowest BCUT2D eigenvalue weighted by atomic mass is 9.97. The molecule has 2 nitrogen and oxygen atoms in total. The van der Waals surface area contributed by atoms with Crippen LogP contribution in [-0.4, -0.2) is 4.40 Å². The molecule has 2 heterocycles. The van der Waals surface area contributed by atoms with Crippen LogP contribution in [0.1, 0.15) is 0 Å². The number of aromatic nitrogens is 1. The summed E-state index contributed by atoms with van der Waals surface area (Å²) >= 11 is 10.7. The highest BCUT2D eigenvalue weighted by Crippen LogP contribution is 2.44. The Kier molecular flexibility index (Phi) is 8.39. The summed E-state index contributed by atoms with van der Waals surface area (Å²) in [6, 6.07) is 74.5. The fraction of sp³-hybridized carbons (Fsp3) is 0. The molecular weight excluding hydrogens is 792 g/mol. The summed E-state index contributed by atoms with van der Waals surface area (Å²) in [6.45, 7) is 0. The largest absolute Gasteiger partial charge is 0.310 e. The van der Waals surface area contributed by atoms with Gasteiger partial charge in [0.05, 0.1) is 16.6 Å². The Labute approximate surface area is 349 Å². The maximum atomic E-state index is 6.90. The second-order valence-electron chi connectivity index (χ2n) is 14.8. The highest BCUT2D eigenvalue weighted by atomic mass is 79.9. The van der Waals surface area contributed by atoms with Crippen LogP contribution in [0.3, 0.4) is 0 Å². The zero-order valence-electron chi connectivity index (χ0n) is 31.3. The molecule has 2 aromatic heterocycles. The molecule has 0 atom stereocenters. The smallest absolute Gasteiger partial charge is 0.0619 e. The first kappa shape index (κ1) is 34.6. The Morgan fingerprint density at radius 1 is 0.345 bits per heavy atom. The predicted molar refractivity (Wildman–Crippen MR) is 252 cm³/mol. The Morgan fingerprint density at radius 2 is 0.828 bits per heavy atom. The van der Waals surface area contributed by atoms with Crippen LogP contribution >= 0.6 is 27.5 Å². The molecule has 11 aromatic rings. The van der Waals surface area contributed by atoms with Gasteiger partial charge in [-0.2, -0.15) is 0 Å². The molecule has 0 spiro atoms. The molecule has 4 heteroatoms. The lowest BCUT2D eigenvalue weighted by Crippen LogP contribution is -2.11. The Hall–Kier alpha value is -6.65. The van der Waals surface area contributed by atoms with Gasteiger partial charge in [0.1, 0.15) is 0 Å². The number of anilines is 3. The molecule has 0 saturated carbocycles. The number of benzene rings is 9. The van der Waals surface area contributed by atoms with Crippen molar-refractivity contribution in [3.05, 3.63) is 216 Å². The van der Waals surface area contributed by atoms with Crippen LogP contribution in [0.15, 0.2) is 211 Å². The van der Waals surface area contributed by atoms with Gasteiger partial charge in [0.2, 0.25) is 0 Å². The Balaban J connectivity index is 1.32. The van der Waals surface area contributed by atoms with Crippen molar-refractivity contribution in [2.45, 2.75) is 0 Å². The van der Waals surface area contributed by atoms with Crippen LogP contribution in [0.25, 0.3) is 81.9 Å². The highest BCUT2D eigenvalue weighted by molar-refractivity contribution is 9.10. The van der Waals surface area contributed by atoms with E-state index >= 15 is 0 Å². The quantitative estimate of drug-likeness (QED) is 0.168. The van der Waals surface area contributed by atoms with E-state index in [2.05, 4.69) is 225 Å². The summed E-state index contributed by atoms with van der Waals surface area (Å²) < 4.78 is 3.41. The lowest BCUT2D eigenvalue weighted by Gasteiger charge is -2.27. The van der Waals surface area contributed by atoms with E-state index < -0.39 is 0 Å². The van der Waals surface area contributed by atoms with Gasteiger partial charge in [-0.25, -0.2) is 0 Å². The van der Waals surface area contributed by atoms with Gasteiger partial charge in [0.25, 0.3) is 0 Å². The minimum atomic E-state index is 0.651. The van der Waals surface area contributed by atoms with E-state index in [0.717, 1.165) is 60.2 Å². The number of hydrogen-bond donors (Lipinski definition) is 0. The Bertz CT molecular complexity index is 3350. The van der Waals surface area contributed by atoms with Crippen LogP contribution in [-0.2, 0) is 0 Å². The second kappa shape index (κ2) is 14.1. The number of halogens is 2. The van der Waals surface area contributed by atoms with Crippen LogP contribution < -0.4 is 4.90 Å². The van der Waals surface area contributed by atoms with E-state index in [0.29, 0.717) is 5.02 Å². The Morgan fingerprint density at radius 3 is 1.45 bits per heavy atom. The molecule has 58 heavy (non-hydrogen) atoms. The first-order valence-corrected chi connectivity index (χ1v) is 20.6. The zero-order chi connectivity index (χ0) is 38.7. The average Bonchev–Trinajstić information content (AvgIpc) is 3.62. The topological polar surface area (TPSA) is 7.65 Å². The maximum Gasteiger partial charge on any atom is 0.0619 e. The monoisotopic (exact) mass is 824 g/mol. The molecule has 0 fully saturated rings. The highest BCUT2D eigenvalue weighted by Gasteiger charge is 2.20. The third kappa shape index (κ3) is 5.77. The predicted octanol–water partition coefficient (Wildman–Crippen LogP) is 16.5. The van der Waals surface area contributed by atoms with Crippen molar-refractivity contribution < 1.29 is 0 Å². The third-order valence-corrected chi connectivity index (χ3v) is 12.1. The van der Waals surface area contributed by atoms with Gasteiger partial charge < -0.3 is 9.30 Å². The van der Waals surface area contributed by atoms with Crippen molar-refractivity contribution in [3.63, 3.8) is 0 Å². The summed E-state index contributed by atoms with van der Waals surface area (Å²) in [5.74, 6) is 0. The van der Waals surface area contributed by atoms with Crippen LogP contribution in [0.5, 0.6) is 0 Å². The second-order valence-corrected chi connectivity index (χ2v) is 16.2. The number of hydrogen-bond acceptors (Lipinski definition) is 1. The van der Waals surface area contributed by atoms with Crippen molar-refractivity contribution in [3.8, 4) is 22.3 Å². The normalized spacial score (nSPS) is 11.6. The third-order valence-electron chi connectivity index (χ3n) is 11.4. The van der Waals surface area contributed by atoms with E-state index in [1.165, 1.54) is 43.2 Å². The summed E-state index contributed by atoms with van der Waals surface area (Å²) in [7, 11) is 0. The molecule has 0 saturated heterocycles. The van der Waals surface area contributed by atoms with Gasteiger partial charge in [-0.3, -0.25) is 0 Å².